The fourth-order valence-corrected chi connectivity index (χ4v) is 4.20. The molecule has 9 heteroatoms. The van der Waals surface area contributed by atoms with Gasteiger partial charge < -0.3 is 14.5 Å². The molecular formula is C25H28N6O3. The molecule has 9 nitrogen and oxygen atoms in total. The first kappa shape index (κ1) is 22.1. The Morgan fingerprint density at radius 1 is 0.882 bits per heavy atom. The minimum absolute atomic E-state index is 0.00739. The van der Waals surface area contributed by atoms with Gasteiger partial charge in [0.05, 0.1) is 24.4 Å². The van der Waals surface area contributed by atoms with Crippen molar-refractivity contribution in [1.29, 1.82) is 0 Å². The highest BCUT2D eigenvalue weighted by molar-refractivity contribution is 5.95. The number of fused-ring (bicyclic) bond motifs is 1. The number of para-hydroxylation sites is 1. The van der Waals surface area contributed by atoms with E-state index in [1.807, 2.05) is 70.6 Å². The number of piperazine rings is 1. The second kappa shape index (κ2) is 10.1. The molecule has 0 saturated carbocycles. The number of nitrogens with one attached hydrogen (secondary N) is 2. The predicted molar refractivity (Wildman–Crippen MR) is 130 cm³/mol. The molecule has 2 aliphatic heterocycles. The molecule has 3 amide bonds. The molecule has 2 saturated heterocycles. The molecular weight excluding hydrogens is 432 g/mol. The number of carbonyl (C=O) groups excluding carboxylic acids is 2. The zero-order valence-electron chi connectivity index (χ0n) is 18.9. The lowest BCUT2D eigenvalue weighted by Crippen LogP contribution is -2.58. The lowest BCUT2D eigenvalue weighted by molar-refractivity contribution is 0.0378. The van der Waals surface area contributed by atoms with Gasteiger partial charge in [-0.1, -0.05) is 36.4 Å². The van der Waals surface area contributed by atoms with Crippen LogP contribution in [0.5, 0.6) is 0 Å². The topological polar surface area (TPSA) is 93.8 Å². The van der Waals surface area contributed by atoms with Crippen LogP contribution < -0.4 is 5.43 Å². The summed E-state index contributed by atoms with van der Waals surface area (Å²) in [7, 11) is 0. The number of urea groups is 1. The largest absolute Gasteiger partial charge is 0.378 e. The van der Waals surface area contributed by atoms with Gasteiger partial charge in [-0.25, -0.2) is 9.80 Å². The van der Waals surface area contributed by atoms with Crippen molar-refractivity contribution in [3.63, 3.8) is 0 Å². The van der Waals surface area contributed by atoms with Crippen molar-refractivity contribution in [2.75, 3.05) is 52.5 Å². The molecule has 0 spiro atoms. The molecule has 2 aromatic carbocycles. The molecule has 34 heavy (non-hydrogen) atoms. The third-order valence-corrected chi connectivity index (χ3v) is 6.21. The van der Waals surface area contributed by atoms with Gasteiger partial charge in [0.2, 0.25) is 0 Å². The number of ether oxygens (including phenoxy) is 1. The van der Waals surface area contributed by atoms with Crippen LogP contribution in [-0.4, -0.2) is 89.4 Å². The van der Waals surface area contributed by atoms with E-state index in [0.717, 1.165) is 22.2 Å². The first-order valence-electron chi connectivity index (χ1n) is 11.6. The number of hydrogen-bond acceptors (Lipinski definition) is 5. The number of carbonyl (C=O) groups is 2. The number of hydrazine groups is 1. The van der Waals surface area contributed by atoms with Crippen LogP contribution in [0.15, 0.2) is 48.5 Å². The average molecular weight is 461 g/mol. The SMILES string of the molecule is O=C(NN1CCN(C(=O)c2ccc(C=Cc3n[nH]c4ccccc34)cc2)CC1)N1CCOCC1. The summed E-state index contributed by atoms with van der Waals surface area (Å²) < 4.78 is 5.29. The summed E-state index contributed by atoms with van der Waals surface area (Å²) in [6, 6.07) is 15.5. The summed E-state index contributed by atoms with van der Waals surface area (Å²) in [6.07, 6.45) is 3.97. The lowest BCUT2D eigenvalue weighted by Gasteiger charge is -2.36. The smallest absolute Gasteiger partial charge is 0.332 e. The van der Waals surface area contributed by atoms with Crippen molar-refractivity contribution in [3.8, 4) is 0 Å². The van der Waals surface area contributed by atoms with Gasteiger partial charge in [0.25, 0.3) is 5.91 Å². The van der Waals surface area contributed by atoms with E-state index in [0.29, 0.717) is 58.0 Å². The highest BCUT2D eigenvalue weighted by atomic mass is 16.5. The first-order chi connectivity index (χ1) is 16.7. The normalized spacial score (nSPS) is 17.4. The van der Waals surface area contributed by atoms with Gasteiger partial charge >= 0.3 is 6.03 Å². The monoisotopic (exact) mass is 460 g/mol. The van der Waals surface area contributed by atoms with E-state index in [2.05, 4.69) is 15.6 Å². The third-order valence-electron chi connectivity index (χ3n) is 6.21. The zero-order valence-corrected chi connectivity index (χ0v) is 18.9. The van der Waals surface area contributed by atoms with Gasteiger partial charge in [-0.2, -0.15) is 5.10 Å². The number of benzene rings is 2. The van der Waals surface area contributed by atoms with Crippen LogP contribution in [0.25, 0.3) is 23.1 Å². The molecule has 5 rings (SSSR count). The molecule has 0 atom stereocenters. The highest BCUT2D eigenvalue weighted by Gasteiger charge is 2.25. The van der Waals surface area contributed by atoms with Gasteiger partial charge in [-0.3, -0.25) is 15.3 Å². The molecule has 0 radical (unpaired) electrons. The Balaban J connectivity index is 1.14. The van der Waals surface area contributed by atoms with Crippen LogP contribution in [0.1, 0.15) is 21.6 Å². The van der Waals surface area contributed by atoms with Crippen LogP contribution in [-0.2, 0) is 4.74 Å². The quantitative estimate of drug-likeness (QED) is 0.624. The summed E-state index contributed by atoms with van der Waals surface area (Å²) in [6.45, 7) is 4.68. The van der Waals surface area contributed by atoms with E-state index < -0.39 is 0 Å². The van der Waals surface area contributed by atoms with Crippen molar-refractivity contribution < 1.29 is 14.3 Å². The number of aromatic nitrogens is 2. The van der Waals surface area contributed by atoms with Gasteiger partial charge in [0, 0.05) is 50.2 Å². The van der Waals surface area contributed by atoms with E-state index in [1.54, 1.807) is 4.90 Å². The fourth-order valence-electron chi connectivity index (χ4n) is 4.20. The van der Waals surface area contributed by atoms with Gasteiger partial charge in [-0.15, -0.1) is 0 Å². The third kappa shape index (κ3) is 4.95. The van der Waals surface area contributed by atoms with Crippen molar-refractivity contribution >= 4 is 35.0 Å². The van der Waals surface area contributed by atoms with Crippen LogP contribution >= 0.6 is 0 Å². The second-order valence-electron chi connectivity index (χ2n) is 8.41. The molecule has 3 heterocycles. The second-order valence-corrected chi connectivity index (χ2v) is 8.41. The fraction of sp³-hybridized carbons (Fsp3) is 0.320. The minimum atomic E-state index is -0.102. The van der Waals surface area contributed by atoms with Crippen LogP contribution in [0, 0.1) is 0 Å². The Labute approximate surface area is 197 Å². The van der Waals surface area contributed by atoms with Crippen LogP contribution in [0.2, 0.25) is 0 Å². The maximum atomic E-state index is 12.9. The molecule has 2 N–H and O–H groups in total. The summed E-state index contributed by atoms with van der Waals surface area (Å²) in [5.74, 6) is 0.00739. The van der Waals surface area contributed by atoms with E-state index >= 15 is 0 Å². The first-order valence-corrected chi connectivity index (χ1v) is 11.6. The van der Waals surface area contributed by atoms with E-state index in [4.69, 9.17) is 4.74 Å². The van der Waals surface area contributed by atoms with Crippen LogP contribution in [0.3, 0.4) is 0 Å². The molecule has 176 valence electrons. The Morgan fingerprint density at radius 3 is 2.38 bits per heavy atom. The number of hydrogen-bond donors (Lipinski definition) is 2. The summed E-state index contributed by atoms with van der Waals surface area (Å²) in [5.41, 5.74) is 6.49. The molecule has 0 bridgehead atoms. The number of H-pyrrole nitrogens is 1. The lowest BCUT2D eigenvalue weighted by atomic mass is 10.1. The van der Waals surface area contributed by atoms with Gasteiger partial charge in [0.15, 0.2) is 0 Å². The van der Waals surface area contributed by atoms with Gasteiger partial charge in [-0.05, 0) is 29.8 Å². The molecule has 1 aromatic heterocycles. The van der Waals surface area contributed by atoms with E-state index in [1.165, 1.54) is 0 Å². The Morgan fingerprint density at radius 2 is 1.62 bits per heavy atom. The van der Waals surface area contributed by atoms with E-state index in [9.17, 15) is 9.59 Å². The number of nitrogens with zero attached hydrogens (tertiary/aromatic N) is 4. The predicted octanol–water partition coefficient (Wildman–Crippen LogP) is 2.45. The Bertz CT molecular complexity index is 1170. The number of amides is 3. The summed E-state index contributed by atoms with van der Waals surface area (Å²) in [4.78, 5) is 28.9. The Hall–Kier alpha value is -3.69. The van der Waals surface area contributed by atoms with Gasteiger partial charge in [0.1, 0.15) is 0 Å². The number of morpholine rings is 1. The maximum absolute atomic E-state index is 12.9. The van der Waals surface area contributed by atoms with Crippen molar-refractivity contribution in [3.05, 3.63) is 65.4 Å². The molecule has 2 fully saturated rings. The van der Waals surface area contributed by atoms with E-state index in [-0.39, 0.29) is 11.9 Å². The van der Waals surface area contributed by atoms with Crippen molar-refractivity contribution in [2.24, 2.45) is 0 Å². The van der Waals surface area contributed by atoms with Crippen LogP contribution in [0.4, 0.5) is 4.79 Å². The summed E-state index contributed by atoms with van der Waals surface area (Å²) in [5, 5.41) is 10.3. The number of rotatable bonds is 4. The average Bonchev–Trinajstić information content (AvgIpc) is 3.31. The van der Waals surface area contributed by atoms with Crippen molar-refractivity contribution in [1.82, 2.24) is 30.4 Å². The minimum Gasteiger partial charge on any atom is -0.378 e. The molecule has 0 unspecified atom stereocenters. The number of aromatic amines is 1. The summed E-state index contributed by atoms with van der Waals surface area (Å²) >= 11 is 0. The van der Waals surface area contributed by atoms with Crippen molar-refractivity contribution in [2.45, 2.75) is 0 Å². The Kier molecular flexibility index (Phi) is 6.55. The molecule has 2 aliphatic rings. The zero-order chi connectivity index (χ0) is 23.3. The molecule has 3 aromatic rings. The highest BCUT2D eigenvalue weighted by Crippen LogP contribution is 2.18. The standard InChI is InChI=1S/C25H28N6O3/c32-24(29-11-13-31(14-12-29)28-25(33)30-15-17-34-18-16-30)20-8-5-19(6-9-20)7-10-23-21-3-1-2-4-22(21)26-27-23/h1-10H,11-18H2,(H,26,27)(H,28,33). The molecule has 0 aliphatic carbocycles. The maximum Gasteiger partial charge on any atom is 0.332 e.